The van der Waals surface area contributed by atoms with Crippen LogP contribution in [0.15, 0.2) is 108 Å². The molecule has 0 aliphatic heterocycles. The van der Waals surface area contributed by atoms with Crippen LogP contribution < -0.4 is 9.62 Å². The van der Waals surface area contributed by atoms with Crippen molar-refractivity contribution in [2.24, 2.45) is 0 Å². The Morgan fingerprint density at radius 1 is 0.872 bits per heavy atom. The fourth-order valence-corrected chi connectivity index (χ4v) is 6.79. The van der Waals surface area contributed by atoms with E-state index in [0.717, 1.165) is 22.0 Å². The highest BCUT2D eigenvalue weighted by Gasteiger charge is 2.35. The third-order valence-electron chi connectivity index (χ3n) is 7.62. The number of nitro groups is 1. The molecule has 0 spiro atoms. The van der Waals surface area contributed by atoms with Gasteiger partial charge in [0.05, 0.1) is 15.5 Å². The lowest BCUT2D eigenvalue weighted by atomic mass is 10.0. The number of rotatable bonds is 14. The molecule has 0 radical (unpaired) electrons. The number of non-ortho nitro benzene ring substituents is 1. The zero-order chi connectivity index (χ0) is 34.1. The summed E-state index contributed by atoms with van der Waals surface area (Å²) >= 11 is 13.1. The van der Waals surface area contributed by atoms with Crippen molar-refractivity contribution in [2.45, 2.75) is 50.2 Å². The van der Waals surface area contributed by atoms with E-state index in [2.05, 4.69) is 5.32 Å². The van der Waals surface area contributed by atoms with E-state index in [9.17, 15) is 28.1 Å². The fraction of sp³-hybridized carbons (Fsp3) is 0.235. The maximum atomic E-state index is 14.5. The molecule has 0 bridgehead atoms. The van der Waals surface area contributed by atoms with Gasteiger partial charge in [0.1, 0.15) is 12.6 Å². The van der Waals surface area contributed by atoms with E-state index in [4.69, 9.17) is 23.2 Å². The summed E-state index contributed by atoms with van der Waals surface area (Å²) in [6, 6.07) is 25.1. The number of carbonyl (C=O) groups excluding carboxylic acids is 2. The Morgan fingerprint density at radius 3 is 2.00 bits per heavy atom. The van der Waals surface area contributed by atoms with Crippen LogP contribution in [0.1, 0.15) is 31.4 Å². The Labute approximate surface area is 284 Å². The van der Waals surface area contributed by atoms with Crippen LogP contribution in [0.4, 0.5) is 11.4 Å². The molecule has 4 aromatic rings. The van der Waals surface area contributed by atoms with Gasteiger partial charge in [-0.15, -0.1) is 0 Å². The number of amides is 2. The number of carbonyl (C=O) groups is 2. The topological polar surface area (TPSA) is 130 Å². The second-order valence-electron chi connectivity index (χ2n) is 10.8. The maximum Gasteiger partial charge on any atom is 0.269 e. The first-order valence-corrected chi connectivity index (χ1v) is 17.0. The van der Waals surface area contributed by atoms with Crippen molar-refractivity contribution in [3.05, 3.63) is 134 Å². The van der Waals surface area contributed by atoms with Crippen LogP contribution in [0.3, 0.4) is 0 Å². The average molecular weight is 698 g/mol. The van der Waals surface area contributed by atoms with Gasteiger partial charge in [-0.3, -0.25) is 24.0 Å². The minimum Gasteiger partial charge on any atom is -0.352 e. The third kappa shape index (κ3) is 8.88. The summed E-state index contributed by atoms with van der Waals surface area (Å²) < 4.78 is 29.0. The highest BCUT2D eigenvalue weighted by atomic mass is 35.5. The molecule has 246 valence electrons. The molecule has 10 nitrogen and oxygen atoms in total. The van der Waals surface area contributed by atoms with E-state index in [1.807, 2.05) is 44.2 Å². The van der Waals surface area contributed by atoms with Crippen LogP contribution in [0.2, 0.25) is 10.0 Å². The zero-order valence-electron chi connectivity index (χ0n) is 25.8. The summed E-state index contributed by atoms with van der Waals surface area (Å²) in [5.74, 6) is -1.16. The molecule has 4 rings (SSSR count). The molecule has 0 fully saturated rings. The summed E-state index contributed by atoms with van der Waals surface area (Å²) in [4.78, 5) is 40.4. The van der Waals surface area contributed by atoms with Gasteiger partial charge in [0.15, 0.2) is 0 Å². The first kappa shape index (κ1) is 35.4. The van der Waals surface area contributed by atoms with Crippen LogP contribution >= 0.6 is 23.2 Å². The average Bonchev–Trinajstić information content (AvgIpc) is 3.07. The molecule has 2 atom stereocenters. The zero-order valence-corrected chi connectivity index (χ0v) is 28.1. The van der Waals surface area contributed by atoms with Crippen molar-refractivity contribution in [2.75, 3.05) is 10.8 Å². The smallest absolute Gasteiger partial charge is 0.269 e. The quantitative estimate of drug-likeness (QED) is 0.116. The molecule has 0 aliphatic carbocycles. The van der Waals surface area contributed by atoms with Crippen molar-refractivity contribution >= 4 is 56.4 Å². The van der Waals surface area contributed by atoms with Crippen molar-refractivity contribution in [1.82, 2.24) is 10.2 Å². The van der Waals surface area contributed by atoms with Crippen molar-refractivity contribution < 1.29 is 22.9 Å². The van der Waals surface area contributed by atoms with Gasteiger partial charge in [0.2, 0.25) is 11.8 Å². The number of hydrogen-bond acceptors (Lipinski definition) is 6. The molecule has 0 saturated carbocycles. The lowest BCUT2D eigenvalue weighted by Crippen LogP contribution is -2.54. The molecule has 0 heterocycles. The predicted octanol–water partition coefficient (Wildman–Crippen LogP) is 6.65. The van der Waals surface area contributed by atoms with Gasteiger partial charge >= 0.3 is 0 Å². The number of sulfonamides is 1. The summed E-state index contributed by atoms with van der Waals surface area (Å²) in [5, 5.41) is 14.8. The van der Waals surface area contributed by atoms with E-state index in [0.29, 0.717) is 12.0 Å². The van der Waals surface area contributed by atoms with E-state index in [1.54, 1.807) is 36.4 Å². The first-order chi connectivity index (χ1) is 22.4. The lowest BCUT2D eigenvalue weighted by Gasteiger charge is -2.34. The second-order valence-corrected chi connectivity index (χ2v) is 13.5. The largest absolute Gasteiger partial charge is 0.352 e. The SMILES string of the molecule is CC[C@@H](C)NC(=O)[C@H](Cc1ccccc1)N(Cc1c(Cl)cccc1Cl)C(=O)CN(c1ccc([N+](=O)[O-])cc1)S(=O)(=O)c1ccccc1. The van der Waals surface area contributed by atoms with Gasteiger partial charge in [-0.2, -0.15) is 0 Å². The molecule has 13 heteroatoms. The standard InChI is InChI=1S/C34H34Cl2N4O6S/c1-3-24(2)37-34(42)32(21-25-11-6-4-7-12-25)38(22-29-30(35)15-10-16-31(29)36)33(41)23-39(26-17-19-27(20-18-26)40(43)44)47(45,46)28-13-8-5-9-14-28/h4-20,24,32H,3,21-23H2,1-2H3,(H,37,42)/t24-,32+/m1/s1. The van der Waals surface area contributed by atoms with E-state index in [1.165, 1.54) is 29.2 Å². The van der Waals surface area contributed by atoms with Crippen LogP contribution in [0, 0.1) is 10.1 Å². The van der Waals surface area contributed by atoms with Crippen LogP contribution in [0.5, 0.6) is 0 Å². The molecule has 0 aromatic heterocycles. The van der Waals surface area contributed by atoms with Gasteiger partial charge in [-0.25, -0.2) is 8.42 Å². The molecule has 0 saturated heterocycles. The Balaban J connectivity index is 1.85. The molecule has 4 aromatic carbocycles. The van der Waals surface area contributed by atoms with Gasteiger partial charge in [0.25, 0.3) is 15.7 Å². The number of nitrogens with zero attached hydrogens (tertiary/aromatic N) is 3. The summed E-state index contributed by atoms with van der Waals surface area (Å²) in [7, 11) is -4.37. The maximum absolute atomic E-state index is 14.5. The highest BCUT2D eigenvalue weighted by molar-refractivity contribution is 7.92. The minimum atomic E-state index is -4.37. The Morgan fingerprint density at radius 2 is 1.45 bits per heavy atom. The van der Waals surface area contributed by atoms with Gasteiger partial charge < -0.3 is 10.2 Å². The molecule has 1 N–H and O–H groups in total. The molecular weight excluding hydrogens is 663 g/mol. The molecule has 0 aliphatic rings. The predicted molar refractivity (Wildman–Crippen MR) is 183 cm³/mol. The summed E-state index contributed by atoms with van der Waals surface area (Å²) in [6.07, 6.45) is 0.747. The third-order valence-corrected chi connectivity index (χ3v) is 10.1. The Kier molecular flexibility index (Phi) is 12.0. The molecule has 47 heavy (non-hydrogen) atoms. The van der Waals surface area contributed by atoms with Crippen molar-refractivity contribution in [3.8, 4) is 0 Å². The van der Waals surface area contributed by atoms with Gasteiger partial charge in [-0.05, 0) is 55.3 Å². The van der Waals surface area contributed by atoms with Crippen molar-refractivity contribution in [3.63, 3.8) is 0 Å². The van der Waals surface area contributed by atoms with Gasteiger partial charge in [-0.1, -0.05) is 84.7 Å². The molecular formula is C34H34Cl2N4O6S. The fourth-order valence-electron chi connectivity index (χ4n) is 4.84. The number of hydrogen-bond donors (Lipinski definition) is 1. The van der Waals surface area contributed by atoms with Crippen LogP contribution in [-0.2, 0) is 32.6 Å². The van der Waals surface area contributed by atoms with Crippen molar-refractivity contribution in [1.29, 1.82) is 0 Å². The lowest BCUT2D eigenvalue weighted by molar-refractivity contribution is -0.384. The summed E-state index contributed by atoms with van der Waals surface area (Å²) in [5.41, 5.74) is 0.916. The normalized spacial score (nSPS) is 12.5. The van der Waals surface area contributed by atoms with E-state index in [-0.39, 0.29) is 45.3 Å². The molecule has 0 unspecified atom stereocenters. The minimum absolute atomic E-state index is 0.0206. The first-order valence-electron chi connectivity index (χ1n) is 14.8. The monoisotopic (exact) mass is 696 g/mol. The number of anilines is 1. The second kappa shape index (κ2) is 15.9. The Hall–Kier alpha value is -4.45. The van der Waals surface area contributed by atoms with Crippen LogP contribution in [-0.4, -0.2) is 48.7 Å². The number of nitro benzene ring substituents is 1. The van der Waals surface area contributed by atoms with E-state index >= 15 is 0 Å². The highest BCUT2D eigenvalue weighted by Crippen LogP contribution is 2.29. The number of halogens is 2. The molecule has 2 amide bonds. The number of benzene rings is 4. The Bertz CT molecular complexity index is 1790. The summed E-state index contributed by atoms with van der Waals surface area (Å²) in [6.45, 7) is 2.82. The van der Waals surface area contributed by atoms with E-state index < -0.39 is 39.3 Å². The van der Waals surface area contributed by atoms with Crippen LogP contribution in [0.25, 0.3) is 0 Å². The van der Waals surface area contributed by atoms with Gasteiger partial charge in [0, 0.05) is 46.7 Å². The number of nitrogens with one attached hydrogen (secondary N) is 1.